The lowest BCUT2D eigenvalue weighted by molar-refractivity contribution is 0.118. The number of nitrogens with one attached hydrogen (secondary N) is 1. The number of imidazole rings is 1. The van der Waals surface area contributed by atoms with Gasteiger partial charge < -0.3 is 4.98 Å². The molecule has 3 heteroatoms. The Bertz CT molecular complexity index is 295. The highest BCUT2D eigenvalue weighted by molar-refractivity contribution is 5.15. The third-order valence-electron chi connectivity index (χ3n) is 2.73. The topological polar surface area (TPSA) is 31.9 Å². The van der Waals surface area contributed by atoms with Crippen LogP contribution in [0.1, 0.15) is 32.2 Å². The van der Waals surface area contributed by atoms with Crippen LogP contribution in [-0.2, 0) is 13.0 Å². The van der Waals surface area contributed by atoms with E-state index in [4.69, 9.17) is 0 Å². The molecule has 0 aliphatic carbocycles. The van der Waals surface area contributed by atoms with Gasteiger partial charge >= 0.3 is 0 Å². The van der Waals surface area contributed by atoms with E-state index >= 15 is 0 Å². The molecule has 0 saturated carbocycles. The highest BCUT2D eigenvalue weighted by atomic mass is 15.2. The lowest BCUT2D eigenvalue weighted by atomic mass is 10.0. The number of fused-ring (bicyclic) bond motifs is 1. The number of hydrogen-bond donors (Lipinski definition) is 1. The van der Waals surface area contributed by atoms with Crippen molar-refractivity contribution in [3.05, 3.63) is 17.7 Å². The number of H-pyrrole nitrogens is 1. The Morgan fingerprint density at radius 2 is 2.23 bits per heavy atom. The van der Waals surface area contributed by atoms with Crippen LogP contribution in [0.2, 0.25) is 0 Å². The monoisotopic (exact) mass is 179 g/mol. The van der Waals surface area contributed by atoms with Crippen molar-refractivity contribution < 1.29 is 0 Å². The predicted octanol–water partition coefficient (Wildman–Crippen LogP) is 1.57. The maximum Gasteiger partial charge on any atom is 0.0925 e. The van der Waals surface area contributed by atoms with Gasteiger partial charge in [-0.15, -0.1) is 0 Å². The SMILES string of the molecule is CC(C)(C)N1CCc2[nH]cnc2C1. The van der Waals surface area contributed by atoms with E-state index in [0.717, 1.165) is 19.5 Å². The molecule has 0 fully saturated rings. The third kappa shape index (κ3) is 1.61. The largest absolute Gasteiger partial charge is 0.348 e. The van der Waals surface area contributed by atoms with Gasteiger partial charge in [-0.05, 0) is 20.8 Å². The van der Waals surface area contributed by atoms with Crippen molar-refractivity contribution in [2.24, 2.45) is 0 Å². The molecule has 0 spiro atoms. The lowest BCUT2D eigenvalue weighted by Gasteiger charge is -2.37. The van der Waals surface area contributed by atoms with Gasteiger partial charge in [0.15, 0.2) is 0 Å². The summed E-state index contributed by atoms with van der Waals surface area (Å²) in [6.07, 6.45) is 2.91. The molecule has 0 saturated heterocycles. The molecule has 1 aromatic rings. The second-order valence-electron chi connectivity index (χ2n) is 4.67. The Morgan fingerprint density at radius 3 is 2.92 bits per heavy atom. The average molecular weight is 179 g/mol. The summed E-state index contributed by atoms with van der Waals surface area (Å²) in [5.74, 6) is 0. The van der Waals surface area contributed by atoms with Crippen LogP contribution in [0.3, 0.4) is 0 Å². The van der Waals surface area contributed by atoms with Crippen LogP contribution < -0.4 is 0 Å². The summed E-state index contributed by atoms with van der Waals surface area (Å²) in [5.41, 5.74) is 2.80. The van der Waals surface area contributed by atoms with Crippen molar-refractivity contribution in [1.82, 2.24) is 14.9 Å². The van der Waals surface area contributed by atoms with Gasteiger partial charge in [0, 0.05) is 30.7 Å². The average Bonchev–Trinajstić information content (AvgIpc) is 2.47. The molecule has 0 bridgehead atoms. The molecule has 1 N–H and O–H groups in total. The highest BCUT2D eigenvalue weighted by Gasteiger charge is 2.26. The normalized spacial score (nSPS) is 18.7. The molecule has 3 nitrogen and oxygen atoms in total. The second kappa shape index (κ2) is 2.84. The standard InChI is InChI=1S/C10H17N3/c1-10(2,3)13-5-4-8-9(6-13)12-7-11-8/h7H,4-6H2,1-3H3,(H,11,12). The molecule has 72 valence electrons. The fourth-order valence-electron chi connectivity index (χ4n) is 1.78. The van der Waals surface area contributed by atoms with Crippen LogP contribution in [-0.4, -0.2) is 27.0 Å². The van der Waals surface area contributed by atoms with Gasteiger partial charge in [-0.2, -0.15) is 0 Å². The summed E-state index contributed by atoms with van der Waals surface area (Å²) >= 11 is 0. The van der Waals surface area contributed by atoms with Gasteiger partial charge in [0.1, 0.15) is 0 Å². The number of aromatic amines is 1. The Morgan fingerprint density at radius 1 is 1.46 bits per heavy atom. The van der Waals surface area contributed by atoms with Crippen LogP contribution in [0.25, 0.3) is 0 Å². The van der Waals surface area contributed by atoms with E-state index in [0.29, 0.717) is 0 Å². The van der Waals surface area contributed by atoms with E-state index in [-0.39, 0.29) is 5.54 Å². The Balaban J connectivity index is 2.18. The predicted molar refractivity (Wildman–Crippen MR) is 52.5 cm³/mol. The van der Waals surface area contributed by atoms with E-state index in [9.17, 15) is 0 Å². The minimum absolute atomic E-state index is 0.261. The van der Waals surface area contributed by atoms with Crippen molar-refractivity contribution in [1.29, 1.82) is 0 Å². The van der Waals surface area contributed by atoms with E-state index < -0.39 is 0 Å². The molecule has 13 heavy (non-hydrogen) atoms. The summed E-state index contributed by atoms with van der Waals surface area (Å²) in [4.78, 5) is 9.98. The molecule has 1 aliphatic rings. The molecule has 2 rings (SSSR count). The summed E-state index contributed by atoms with van der Waals surface area (Å²) in [6, 6.07) is 0. The van der Waals surface area contributed by atoms with Crippen molar-refractivity contribution >= 4 is 0 Å². The zero-order chi connectivity index (χ0) is 9.47. The van der Waals surface area contributed by atoms with E-state index in [1.165, 1.54) is 11.4 Å². The first-order valence-corrected chi connectivity index (χ1v) is 4.83. The maximum atomic E-state index is 4.32. The first-order valence-electron chi connectivity index (χ1n) is 4.83. The molecule has 1 aliphatic heterocycles. The smallest absolute Gasteiger partial charge is 0.0925 e. The number of aromatic nitrogens is 2. The first-order chi connectivity index (χ1) is 6.07. The second-order valence-corrected chi connectivity index (χ2v) is 4.67. The Labute approximate surface area is 79.2 Å². The van der Waals surface area contributed by atoms with Crippen LogP contribution in [0.15, 0.2) is 6.33 Å². The molecule has 2 heterocycles. The van der Waals surface area contributed by atoms with Crippen LogP contribution in [0, 0.1) is 0 Å². The van der Waals surface area contributed by atoms with Gasteiger partial charge in [0.25, 0.3) is 0 Å². The summed E-state index contributed by atoms with van der Waals surface area (Å²) < 4.78 is 0. The van der Waals surface area contributed by atoms with Crippen LogP contribution in [0.4, 0.5) is 0 Å². The van der Waals surface area contributed by atoms with Gasteiger partial charge in [0.05, 0.1) is 12.0 Å². The minimum atomic E-state index is 0.261. The molecule has 0 amide bonds. The molecule has 0 aromatic carbocycles. The zero-order valence-corrected chi connectivity index (χ0v) is 8.59. The number of nitrogens with zero attached hydrogens (tertiary/aromatic N) is 2. The molecule has 0 unspecified atom stereocenters. The summed E-state index contributed by atoms with van der Waals surface area (Å²) in [5, 5.41) is 0. The molecular formula is C10H17N3. The fourth-order valence-corrected chi connectivity index (χ4v) is 1.78. The maximum absolute atomic E-state index is 4.32. The van der Waals surface area contributed by atoms with E-state index in [1.54, 1.807) is 6.33 Å². The number of hydrogen-bond acceptors (Lipinski definition) is 2. The summed E-state index contributed by atoms with van der Waals surface area (Å²) in [7, 11) is 0. The Kier molecular flexibility index (Phi) is 1.91. The number of rotatable bonds is 0. The molecule has 0 radical (unpaired) electrons. The summed E-state index contributed by atoms with van der Waals surface area (Å²) in [6.45, 7) is 8.89. The zero-order valence-electron chi connectivity index (χ0n) is 8.59. The van der Waals surface area contributed by atoms with Gasteiger partial charge in [-0.1, -0.05) is 0 Å². The first kappa shape index (κ1) is 8.75. The molecule has 0 atom stereocenters. The minimum Gasteiger partial charge on any atom is -0.348 e. The third-order valence-corrected chi connectivity index (χ3v) is 2.73. The van der Waals surface area contributed by atoms with Crippen molar-refractivity contribution in [3.8, 4) is 0 Å². The van der Waals surface area contributed by atoms with Crippen molar-refractivity contribution in [3.63, 3.8) is 0 Å². The van der Waals surface area contributed by atoms with Gasteiger partial charge in [-0.3, -0.25) is 4.90 Å². The quantitative estimate of drug-likeness (QED) is 0.655. The van der Waals surface area contributed by atoms with Crippen LogP contribution >= 0.6 is 0 Å². The van der Waals surface area contributed by atoms with Crippen molar-refractivity contribution in [2.75, 3.05) is 6.54 Å². The highest BCUT2D eigenvalue weighted by Crippen LogP contribution is 2.22. The van der Waals surface area contributed by atoms with E-state index in [1.807, 2.05) is 0 Å². The van der Waals surface area contributed by atoms with Gasteiger partial charge in [-0.25, -0.2) is 4.98 Å². The van der Waals surface area contributed by atoms with Crippen LogP contribution in [0.5, 0.6) is 0 Å². The fraction of sp³-hybridized carbons (Fsp3) is 0.700. The van der Waals surface area contributed by atoms with Crippen molar-refractivity contribution in [2.45, 2.75) is 39.3 Å². The van der Waals surface area contributed by atoms with E-state index in [2.05, 4.69) is 35.6 Å². The van der Waals surface area contributed by atoms with Gasteiger partial charge in [0.2, 0.25) is 0 Å². The molecular weight excluding hydrogens is 162 g/mol. The molecule has 1 aromatic heterocycles. The Hall–Kier alpha value is -0.830. The lowest BCUT2D eigenvalue weighted by Crippen LogP contribution is -2.44.